The van der Waals surface area contributed by atoms with Crippen molar-refractivity contribution in [2.45, 2.75) is 39.2 Å². The van der Waals surface area contributed by atoms with E-state index in [4.69, 9.17) is 16.6 Å². The number of rotatable bonds is 5. The van der Waals surface area contributed by atoms with Crippen molar-refractivity contribution in [1.82, 2.24) is 10.3 Å². The number of fused-ring (bicyclic) bond motifs is 1. The maximum atomic E-state index is 6.26. The van der Waals surface area contributed by atoms with E-state index in [0.717, 1.165) is 47.9 Å². The average Bonchev–Trinajstić information content (AvgIpc) is 3.02. The number of nitrogens with one attached hydrogen (secondary N) is 1. The van der Waals surface area contributed by atoms with Crippen molar-refractivity contribution < 1.29 is 0 Å². The van der Waals surface area contributed by atoms with Gasteiger partial charge in [0.2, 0.25) is 0 Å². The van der Waals surface area contributed by atoms with Gasteiger partial charge in [-0.1, -0.05) is 24.9 Å². The SMILES string of the molecule is CCCNCc1nc(N2CC3CCCC3C2)ccc1Cl. The van der Waals surface area contributed by atoms with Crippen LogP contribution >= 0.6 is 11.6 Å². The first kappa shape index (κ1) is 14.2. The molecule has 3 rings (SSSR count). The van der Waals surface area contributed by atoms with Crippen molar-refractivity contribution in [2.24, 2.45) is 11.8 Å². The fraction of sp³-hybridized carbons (Fsp3) is 0.688. The van der Waals surface area contributed by atoms with Gasteiger partial charge in [-0.3, -0.25) is 0 Å². The van der Waals surface area contributed by atoms with Gasteiger partial charge < -0.3 is 10.2 Å². The third-order valence-corrected chi connectivity index (χ3v) is 5.02. The Bertz CT molecular complexity index is 451. The van der Waals surface area contributed by atoms with E-state index in [1.54, 1.807) is 0 Å². The first-order chi connectivity index (χ1) is 9.78. The average molecular weight is 294 g/mol. The van der Waals surface area contributed by atoms with E-state index in [1.165, 1.54) is 32.4 Å². The van der Waals surface area contributed by atoms with Crippen molar-refractivity contribution in [3.8, 4) is 0 Å². The van der Waals surface area contributed by atoms with Gasteiger partial charge in [-0.25, -0.2) is 4.98 Å². The molecule has 1 aliphatic carbocycles. The van der Waals surface area contributed by atoms with E-state index in [9.17, 15) is 0 Å². The van der Waals surface area contributed by atoms with Crippen LogP contribution in [0, 0.1) is 11.8 Å². The molecule has 1 aromatic rings. The zero-order valence-electron chi connectivity index (χ0n) is 12.2. The number of nitrogens with zero attached hydrogens (tertiary/aromatic N) is 2. The Hall–Kier alpha value is -0.800. The second kappa shape index (κ2) is 6.31. The van der Waals surface area contributed by atoms with Gasteiger partial charge in [0.05, 0.1) is 10.7 Å². The highest BCUT2D eigenvalue weighted by atomic mass is 35.5. The van der Waals surface area contributed by atoms with Crippen LogP contribution in [-0.2, 0) is 6.54 Å². The Labute approximate surface area is 126 Å². The molecule has 0 bridgehead atoms. The van der Waals surface area contributed by atoms with Gasteiger partial charge in [-0.05, 0) is 49.8 Å². The summed E-state index contributed by atoms with van der Waals surface area (Å²) in [5.74, 6) is 2.90. The van der Waals surface area contributed by atoms with E-state index >= 15 is 0 Å². The van der Waals surface area contributed by atoms with Crippen LogP contribution in [0.3, 0.4) is 0 Å². The first-order valence-corrected chi connectivity index (χ1v) is 8.26. The molecule has 2 atom stereocenters. The van der Waals surface area contributed by atoms with E-state index in [0.29, 0.717) is 0 Å². The molecular formula is C16H24ClN3. The summed E-state index contributed by atoms with van der Waals surface area (Å²) in [7, 11) is 0. The molecule has 1 aliphatic heterocycles. The van der Waals surface area contributed by atoms with Crippen LogP contribution in [0.5, 0.6) is 0 Å². The molecule has 1 saturated carbocycles. The number of hydrogen-bond donors (Lipinski definition) is 1. The topological polar surface area (TPSA) is 28.2 Å². The summed E-state index contributed by atoms with van der Waals surface area (Å²) >= 11 is 6.26. The summed E-state index contributed by atoms with van der Waals surface area (Å²) in [6, 6.07) is 4.08. The van der Waals surface area contributed by atoms with Crippen molar-refractivity contribution in [1.29, 1.82) is 0 Å². The van der Waals surface area contributed by atoms with Crippen molar-refractivity contribution >= 4 is 17.4 Å². The molecule has 2 aliphatic rings. The molecule has 0 spiro atoms. The molecule has 0 amide bonds. The van der Waals surface area contributed by atoms with Gasteiger partial charge in [0.25, 0.3) is 0 Å². The number of aromatic nitrogens is 1. The van der Waals surface area contributed by atoms with Crippen molar-refractivity contribution in [2.75, 3.05) is 24.5 Å². The Morgan fingerprint density at radius 1 is 1.30 bits per heavy atom. The van der Waals surface area contributed by atoms with E-state index < -0.39 is 0 Å². The Morgan fingerprint density at radius 2 is 2.05 bits per heavy atom. The summed E-state index contributed by atoms with van der Waals surface area (Å²) in [6.07, 6.45) is 5.36. The summed E-state index contributed by atoms with van der Waals surface area (Å²) in [5.41, 5.74) is 0.981. The predicted octanol–water partition coefficient (Wildman–Crippen LogP) is 3.47. The molecule has 0 aromatic carbocycles. The Morgan fingerprint density at radius 3 is 2.75 bits per heavy atom. The van der Waals surface area contributed by atoms with Crippen LogP contribution in [0.4, 0.5) is 5.82 Å². The van der Waals surface area contributed by atoms with Crippen molar-refractivity contribution in [3.05, 3.63) is 22.8 Å². The highest BCUT2D eigenvalue weighted by molar-refractivity contribution is 6.31. The normalized spacial score (nSPS) is 25.2. The maximum Gasteiger partial charge on any atom is 0.128 e. The molecule has 4 heteroatoms. The van der Waals surface area contributed by atoms with E-state index in [1.807, 2.05) is 6.07 Å². The van der Waals surface area contributed by atoms with E-state index in [2.05, 4.69) is 23.2 Å². The molecule has 1 saturated heterocycles. The van der Waals surface area contributed by atoms with E-state index in [-0.39, 0.29) is 0 Å². The summed E-state index contributed by atoms with van der Waals surface area (Å²) < 4.78 is 0. The molecule has 3 nitrogen and oxygen atoms in total. The number of anilines is 1. The molecular weight excluding hydrogens is 270 g/mol. The number of hydrogen-bond acceptors (Lipinski definition) is 3. The van der Waals surface area contributed by atoms with Crippen molar-refractivity contribution in [3.63, 3.8) is 0 Å². The van der Waals surface area contributed by atoms with Gasteiger partial charge in [-0.15, -0.1) is 0 Å². The lowest BCUT2D eigenvalue weighted by Gasteiger charge is -2.19. The van der Waals surface area contributed by atoms with Gasteiger partial charge in [0.15, 0.2) is 0 Å². The largest absolute Gasteiger partial charge is 0.356 e. The smallest absolute Gasteiger partial charge is 0.128 e. The molecule has 110 valence electrons. The molecule has 1 aromatic heterocycles. The van der Waals surface area contributed by atoms with Gasteiger partial charge in [-0.2, -0.15) is 0 Å². The lowest BCUT2D eigenvalue weighted by atomic mass is 10.0. The van der Waals surface area contributed by atoms with Gasteiger partial charge in [0, 0.05) is 19.6 Å². The summed E-state index contributed by atoms with van der Waals surface area (Å²) in [6.45, 7) is 6.31. The van der Waals surface area contributed by atoms with Gasteiger partial charge in [0.1, 0.15) is 5.82 Å². The minimum Gasteiger partial charge on any atom is -0.356 e. The van der Waals surface area contributed by atoms with Crippen LogP contribution in [0.25, 0.3) is 0 Å². The lowest BCUT2D eigenvalue weighted by molar-refractivity contribution is 0.494. The quantitative estimate of drug-likeness (QED) is 0.843. The summed E-state index contributed by atoms with van der Waals surface area (Å²) in [5, 5.41) is 4.16. The number of halogens is 1. The second-order valence-electron chi connectivity index (χ2n) is 6.13. The standard InChI is InChI=1S/C16H24ClN3/c1-2-8-18-9-15-14(17)6-7-16(19-15)20-10-12-4-3-5-13(12)11-20/h6-7,12-13,18H,2-5,8-11H2,1H3. The highest BCUT2D eigenvalue weighted by Crippen LogP contribution is 2.39. The van der Waals surface area contributed by atoms with Crippen LogP contribution < -0.4 is 10.2 Å². The summed E-state index contributed by atoms with van der Waals surface area (Å²) in [4.78, 5) is 7.24. The highest BCUT2D eigenvalue weighted by Gasteiger charge is 2.36. The zero-order valence-corrected chi connectivity index (χ0v) is 13.0. The monoisotopic (exact) mass is 293 g/mol. The second-order valence-corrected chi connectivity index (χ2v) is 6.54. The predicted molar refractivity (Wildman–Crippen MR) is 84.3 cm³/mol. The lowest BCUT2D eigenvalue weighted by Crippen LogP contribution is -2.23. The van der Waals surface area contributed by atoms with Crippen LogP contribution in [-0.4, -0.2) is 24.6 Å². The first-order valence-electron chi connectivity index (χ1n) is 7.89. The minimum absolute atomic E-state index is 0.765. The van der Waals surface area contributed by atoms with Crippen LogP contribution in [0.15, 0.2) is 12.1 Å². The van der Waals surface area contributed by atoms with Crippen LogP contribution in [0.1, 0.15) is 38.3 Å². The zero-order chi connectivity index (χ0) is 13.9. The Balaban J connectivity index is 1.69. The molecule has 2 heterocycles. The van der Waals surface area contributed by atoms with Gasteiger partial charge >= 0.3 is 0 Å². The fourth-order valence-corrected chi connectivity index (χ4v) is 3.75. The third kappa shape index (κ3) is 2.94. The molecule has 0 radical (unpaired) electrons. The maximum absolute atomic E-state index is 6.26. The molecule has 2 unspecified atom stereocenters. The fourth-order valence-electron chi connectivity index (χ4n) is 3.58. The molecule has 20 heavy (non-hydrogen) atoms. The third-order valence-electron chi connectivity index (χ3n) is 4.67. The minimum atomic E-state index is 0.765. The molecule has 1 N–H and O–H groups in total. The van der Waals surface area contributed by atoms with Crippen LogP contribution in [0.2, 0.25) is 5.02 Å². The number of pyridine rings is 1. The Kier molecular flexibility index (Phi) is 4.47. The molecule has 2 fully saturated rings.